The van der Waals surface area contributed by atoms with Gasteiger partial charge in [-0.15, -0.1) is 0 Å². The topological polar surface area (TPSA) is 93.5 Å². The van der Waals surface area contributed by atoms with E-state index < -0.39 is 15.9 Å². The number of carbonyl (C=O) groups excluding carboxylic acids is 1. The summed E-state index contributed by atoms with van der Waals surface area (Å²) in [6.45, 7) is 5.69. The maximum absolute atomic E-state index is 13.2. The van der Waals surface area contributed by atoms with Crippen molar-refractivity contribution in [2.45, 2.75) is 51.1 Å². The molecular formula is C20H28N4O4S. The molecule has 0 radical (unpaired) electrons. The Labute approximate surface area is 171 Å². The molecule has 2 heterocycles. The average molecular weight is 421 g/mol. The molecule has 1 aromatic heterocycles. The fraction of sp³-hybridized carbons (Fsp3) is 0.500. The molecule has 29 heavy (non-hydrogen) atoms. The summed E-state index contributed by atoms with van der Waals surface area (Å²) in [6.07, 6.45) is 5.17. The first kappa shape index (κ1) is 21.3. The lowest BCUT2D eigenvalue weighted by Gasteiger charge is -2.19. The third-order valence-electron chi connectivity index (χ3n) is 4.87. The molecule has 9 heteroatoms. The Morgan fingerprint density at radius 3 is 2.34 bits per heavy atom. The quantitative estimate of drug-likeness (QED) is 0.743. The first-order chi connectivity index (χ1) is 14.0. The molecule has 1 saturated heterocycles. The van der Waals surface area contributed by atoms with E-state index in [1.165, 1.54) is 15.2 Å². The molecule has 1 aliphatic rings. The highest BCUT2D eigenvalue weighted by Crippen LogP contribution is 2.24. The van der Waals surface area contributed by atoms with Crippen LogP contribution in [0.3, 0.4) is 0 Å². The fourth-order valence-corrected chi connectivity index (χ4v) is 4.93. The number of ether oxygens (including phenoxy) is 1. The standard InChI is InChI=1S/C20H28N4O4S/c1-3-23-15-18(19(25)21-16-9-11-17(12-10-16)28-4-2)20(22-23)29(26,27)24-13-7-5-6-8-14-24/h9-12,15H,3-8,13-14H2,1-2H3,(H,21,25). The summed E-state index contributed by atoms with van der Waals surface area (Å²) in [5.74, 6) is 0.205. The van der Waals surface area contributed by atoms with Crippen molar-refractivity contribution in [3.8, 4) is 5.75 Å². The van der Waals surface area contributed by atoms with Crippen LogP contribution in [0.4, 0.5) is 5.69 Å². The summed E-state index contributed by atoms with van der Waals surface area (Å²) in [4.78, 5) is 12.9. The van der Waals surface area contributed by atoms with Crippen LogP contribution in [0.5, 0.6) is 5.75 Å². The van der Waals surface area contributed by atoms with Crippen molar-refractivity contribution < 1.29 is 17.9 Å². The van der Waals surface area contributed by atoms with Crippen LogP contribution in [-0.2, 0) is 16.6 Å². The van der Waals surface area contributed by atoms with Gasteiger partial charge in [0, 0.05) is 31.5 Å². The monoisotopic (exact) mass is 420 g/mol. The molecule has 1 aliphatic heterocycles. The molecule has 0 saturated carbocycles. The first-order valence-corrected chi connectivity index (χ1v) is 11.5. The van der Waals surface area contributed by atoms with Crippen LogP contribution in [-0.4, -0.2) is 48.1 Å². The van der Waals surface area contributed by atoms with Crippen molar-refractivity contribution in [1.82, 2.24) is 14.1 Å². The summed E-state index contributed by atoms with van der Waals surface area (Å²) in [6, 6.07) is 6.94. The molecule has 2 aromatic rings. The number of nitrogens with one attached hydrogen (secondary N) is 1. The number of rotatable bonds is 7. The van der Waals surface area contributed by atoms with Crippen LogP contribution >= 0.6 is 0 Å². The molecule has 1 fully saturated rings. The first-order valence-electron chi connectivity index (χ1n) is 10.1. The smallest absolute Gasteiger partial charge is 0.263 e. The van der Waals surface area contributed by atoms with Gasteiger partial charge in [-0.1, -0.05) is 12.8 Å². The van der Waals surface area contributed by atoms with Crippen LogP contribution < -0.4 is 10.1 Å². The van der Waals surface area contributed by atoms with Gasteiger partial charge >= 0.3 is 0 Å². The van der Waals surface area contributed by atoms with Gasteiger partial charge in [0.2, 0.25) is 5.03 Å². The van der Waals surface area contributed by atoms with Crippen LogP contribution in [0.25, 0.3) is 0 Å². The van der Waals surface area contributed by atoms with Gasteiger partial charge in [-0.05, 0) is 51.0 Å². The highest BCUT2D eigenvalue weighted by molar-refractivity contribution is 7.89. The number of sulfonamides is 1. The Balaban J connectivity index is 1.86. The average Bonchev–Trinajstić information content (AvgIpc) is 2.97. The normalized spacial score (nSPS) is 15.7. The number of anilines is 1. The molecule has 0 aliphatic carbocycles. The van der Waals surface area contributed by atoms with Crippen LogP contribution in [0.1, 0.15) is 49.9 Å². The zero-order valence-corrected chi connectivity index (χ0v) is 17.7. The predicted octanol–water partition coefficient (Wildman–Crippen LogP) is 3.12. The lowest BCUT2D eigenvalue weighted by Crippen LogP contribution is -2.33. The van der Waals surface area contributed by atoms with Gasteiger partial charge in [0.05, 0.1) is 12.2 Å². The Morgan fingerprint density at radius 1 is 1.10 bits per heavy atom. The summed E-state index contributed by atoms with van der Waals surface area (Å²) in [5.41, 5.74) is 0.616. The molecule has 0 unspecified atom stereocenters. The van der Waals surface area contributed by atoms with E-state index in [1.54, 1.807) is 24.3 Å². The number of benzene rings is 1. The zero-order valence-electron chi connectivity index (χ0n) is 16.9. The second-order valence-corrected chi connectivity index (χ2v) is 8.79. The zero-order chi connectivity index (χ0) is 20.9. The molecule has 1 aromatic carbocycles. The van der Waals surface area contributed by atoms with Crippen LogP contribution in [0, 0.1) is 0 Å². The second-order valence-electron chi connectivity index (χ2n) is 6.93. The number of hydrogen-bond acceptors (Lipinski definition) is 5. The van der Waals surface area contributed by atoms with Crippen molar-refractivity contribution in [2.24, 2.45) is 0 Å². The van der Waals surface area contributed by atoms with E-state index in [0.717, 1.165) is 25.7 Å². The molecule has 158 valence electrons. The number of aryl methyl sites for hydroxylation is 1. The van der Waals surface area contributed by atoms with Gasteiger partial charge in [-0.3, -0.25) is 9.48 Å². The highest BCUT2D eigenvalue weighted by atomic mass is 32.2. The summed E-state index contributed by atoms with van der Waals surface area (Å²) >= 11 is 0. The fourth-order valence-electron chi connectivity index (χ4n) is 3.32. The predicted molar refractivity (Wildman–Crippen MR) is 111 cm³/mol. The van der Waals surface area contributed by atoms with Crippen molar-refractivity contribution in [3.05, 3.63) is 36.0 Å². The largest absolute Gasteiger partial charge is 0.494 e. The number of nitrogens with zero attached hydrogens (tertiary/aromatic N) is 3. The van der Waals surface area contributed by atoms with E-state index in [0.29, 0.717) is 37.7 Å². The molecule has 0 bridgehead atoms. The van der Waals surface area contributed by atoms with Crippen LogP contribution in [0.2, 0.25) is 0 Å². The van der Waals surface area contributed by atoms with Crippen LogP contribution in [0.15, 0.2) is 35.5 Å². The Kier molecular flexibility index (Phi) is 6.92. The van der Waals surface area contributed by atoms with Crippen molar-refractivity contribution in [1.29, 1.82) is 0 Å². The van der Waals surface area contributed by atoms with Gasteiger partial charge < -0.3 is 10.1 Å². The third-order valence-corrected chi connectivity index (χ3v) is 6.70. The van der Waals surface area contributed by atoms with Gasteiger partial charge in [0.1, 0.15) is 5.75 Å². The molecule has 1 N–H and O–H groups in total. The van der Waals surface area contributed by atoms with Crippen molar-refractivity contribution >= 4 is 21.6 Å². The molecule has 0 spiro atoms. The van der Waals surface area contributed by atoms with Gasteiger partial charge in [0.25, 0.3) is 15.9 Å². The minimum atomic E-state index is -3.84. The van der Waals surface area contributed by atoms with Crippen molar-refractivity contribution in [2.75, 3.05) is 25.0 Å². The highest BCUT2D eigenvalue weighted by Gasteiger charge is 2.33. The summed E-state index contributed by atoms with van der Waals surface area (Å²) in [7, 11) is -3.84. The minimum absolute atomic E-state index is 0.0602. The van der Waals surface area contributed by atoms with Crippen molar-refractivity contribution in [3.63, 3.8) is 0 Å². The molecule has 8 nitrogen and oxygen atoms in total. The maximum Gasteiger partial charge on any atom is 0.263 e. The Morgan fingerprint density at radius 2 is 1.76 bits per heavy atom. The molecule has 3 rings (SSSR count). The van der Waals surface area contributed by atoms with E-state index in [1.807, 2.05) is 13.8 Å². The number of amides is 1. The van der Waals surface area contributed by atoms with E-state index >= 15 is 0 Å². The van der Waals surface area contributed by atoms with E-state index in [9.17, 15) is 13.2 Å². The SMILES string of the molecule is CCOc1ccc(NC(=O)c2cn(CC)nc2S(=O)(=O)N2CCCCCC2)cc1. The van der Waals surface area contributed by atoms with Gasteiger partial charge in [-0.2, -0.15) is 9.40 Å². The summed E-state index contributed by atoms with van der Waals surface area (Å²) in [5, 5.41) is 6.80. The Hall–Kier alpha value is -2.39. The number of hydrogen-bond donors (Lipinski definition) is 1. The maximum atomic E-state index is 13.2. The Bertz CT molecular complexity index is 930. The number of aromatic nitrogens is 2. The number of carbonyl (C=O) groups is 1. The lowest BCUT2D eigenvalue weighted by molar-refractivity contribution is 0.102. The van der Waals surface area contributed by atoms with E-state index in [-0.39, 0.29) is 10.6 Å². The minimum Gasteiger partial charge on any atom is -0.494 e. The second kappa shape index (κ2) is 9.41. The van der Waals surface area contributed by atoms with Gasteiger partial charge in [0.15, 0.2) is 0 Å². The third kappa shape index (κ3) is 4.97. The van der Waals surface area contributed by atoms with Gasteiger partial charge in [-0.25, -0.2) is 8.42 Å². The van der Waals surface area contributed by atoms with E-state index in [4.69, 9.17) is 4.74 Å². The lowest BCUT2D eigenvalue weighted by atomic mass is 10.2. The molecular weight excluding hydrogens is 392 g/mol. The molecule has 0 atom stereocenters. The molecule has 1 amide bonds. The van der Waals surface area contributed by atoms with E-state index in [2.05, 4.69) is 10.4 Å². The summed E-state index contributed by atoms with van der Waals surface area (Å²) < 4.78 is 34.8.